The van der Waals surface area contributed by atoms with Crippen LogP contribution in [0.4, 0.5) is 0 Å². The van der Waals surface area contributed by atoms with Crippen LogP contribution in [-0.2, 0) is 38.1 Å². The highest BCUT2D eigenvalue weighted by Gasteiger charge is 2.56. The zero-order valence-electron chi connectivity index (χ0n) is 33.5. The number of piperidine rings is 1. The molecule has 2 N–H and O–H groups in total. The summed E-state index contributed by atoms with van der Waals surface area (Å²) in [5.74, 6) is -6.77. The highest BCUT2D eigenvalue weighted by Crippen LogP contribution is 2.39. The van der Waals surface area contributed by atoms with E-state index in [0.717, 1.165) is 36.8 Å². The summed E-state index contributed by atoms with van der Waals surface area (Å²) >= 11 is 0. The molecule has 1 aliphatic carbocycles. The standard InChI is InChI=1S/C42H67NO10/c1-9-31-20-25(2)19-26(3)21-35(50-7)38-36(51-8)23-28(5)42(49,53-38)39(46)40(47)43-18-14-13-17-32(43)41(48)52-37(29(6)33(44)24-34(31)45)27(4)22-30-15-11-10-12-16-30/h20,22,26,28-33,35-38,44,49H,9-19,21,23-24H2,1-8H3/b25-20+,27-22+/t26-,28+,29+,31+,32-,33-,35-,36-,37+,38+,42+/m0/s1. The van der Waals surface area contributed by atoms with Crippen LogP contribution in [-0.4, -0.2) is 102 Å². The van der Waals surface area contributed by atoms with E-state index in [-0.39, 0.29) is 43.4 Å². The molecule has 2 bridgehead atoms. The highest BCUT2D eigenvalue weighted by molar-refractivity contribution is 6.39. The Morgan fingerprint density at radius 3 is 2.25 bits per heavy atom. The number of amides is 1. The molecule has 1 amide bonds. The molecule has 0 aromatic heterocycles. The molecule has 0 aromatic carbocycles. The maximum absolute atomic E-state index is 14.2. The molecule has 0 unspecified atom stereocenters. The molecule has 1 saturated carbocycles. The lowest BCUT2D eigenvalue weighted by Gasteiger charge is -2.47. The lowest BCUT2D eigenvalue weighted by molar-refractivity contribution is -0.302. The number of Topliss-reactive ketones (excluding diaryl/α,β-unsaturated/α-hetero) is 2. The fourth-order valence-electron chi connectivity index (χ4n) is 9.14. The van der Waals surface area contributed by atoms with Crippen molar-refractivity contribution >= 4 is 23.4 Å². The average Bonchev–Trinajstić information content (AvgIpc) is 3.14. The number of carbonyl (C=O) groups excluding carboxylic acids is 4. The number of ketones is 2. The molecule has 0 spiro atoms. The van der Waals surface area contributed by atoms with Crippen LogP contribution in [0.3, 0.4) is 0 Å². The van der Waals surface area contributed by atoms with E-state index in [9.17, 15) is 29.4 Å². The molecule has 3 fully saturated rings. The number of allylic oxidation sites excluding steroid dienone is 3. The Morgan fingerprint density at radius 2 is 1.60 bits per heavy atom. The largest absolute Gasteiger partial charge is 0.456 e. The second-order valence-electron chi connectivity index (χ2n) is 16.6. The van der Waals surface area contributed by atoms with Crippen LogP contribution in [0.15, 0.2) is 23.3 Å². The van der Waals surface area contributed by atoms with Gasteiger partial charge in [0.2, 0.25) is 5.79 Å². The fraction of sp³-hybridized carbons (Fsp3) is 0.810. The van der Waals surface area contributed by atoms with Crippen LogP contribution in [0, 0.1) is 29.6 Å². The number of methoxy groups -OCH3 is 2. The van der Waals surface area contributed by atoms with E-state index in [4.69, 9.17) is 18.9 Å². The first-order valence-corrected chi connectivity index (χ1v) is 20.2. The number of hydrogen-bond donors (Lipinski definition) is 2. The third-order valence-electron chi connectivity index (χ3n) is 12.4. The van der Waals surface area contributed by atoms with Crippen LogP contribution < -0.4 is 0 Å². The molecule has 0 aromatic rings. The molecule has 0 radical (unpaired) electrons. The maximum Gasteiger partial charge on any atom is 0.329 e. The summed E-state index contributed by atoms with van der Waals surface area (Å²) in [4.78, 5) is 57.4. The lowest BCUT2D eigenvalue weighted by Crippen LogP contribution is -2.64. The van der Waals surface area contributed by atoms with Crippen LogP contribution >= 0.6 is 0 Å². The Kier molecular flexibility index (Phi) is 15.9. The summed E-state index contributed by atoms with van der Waals surface area (Å²) in [5, 5.41) is 23.6. The van der Waals surface area contributed by atoms with Gasteiger partial charge in [0.25, 0.3) is 11.7 Å². The lowest BCUT2D eigenvalue weighted by atomic mass is 9.82. The molecular weight excluding hydrogens is 678 g/mol. The van der Waals surface area contributed by atoms with E-state index < -0.39 is 71.8 Å². The first-order valence-electron chi connectivity index (χ1n) is 20.2. The molecule has 4 rings (SSSR count). The van der Waals surface area contributed by atoms with E-state index in [1.807, 2.05) is 26.8 Å². The van der Waals surface area contributed by atoms with Crippen molar-refractivity contribution in [2.24, 2.45) is 29.6 Å². The number of fused-ring (bicyclic) bond motifs is 3. The molecular formula is C42H67NO10. The SMILES string of the molecule is CC[C@@H]1/C=C(\C)C[C@H](C)C[C@H](OC)[C@H]2O[C@@](O)(C(=O)C(=O)N3CCCC[C@H]3C(=O)O[C@H](/C(C)=C/C3CCCCC3)[C@H](C)[C@@H](O)CC1=O)[C@H](C)C[C@@H]2OC. The maximum atomic E-state index is 14.2. The van der Waals surface area contributed by atoms with Crippen molar-refractivity contribution < 1.29 is 48.3 Å². The number of cyclic esters (lactones) is 1. The van der Waals surface area contributed by atoms with Gasteiger partial charge in [-0.3, -0.25) is 14.4 Å². The molecule has 2 saturated heterocycles. The van der Waals surface area contributed by atoms with Gasteiger partial charge < -0.3 is 34.1 Å². The van der Waals surface area contributed by atoms with Gasteiger partial charge >= 0.3 is 5.97 Å². The normalized spacial score (nSPS) is 39.4. The van der Waals surface area contributed by atoms with Crippen LogP contribution in [0.1, 0.15) is 125 Å². The quantitative estimate of drug-likeness (QED) is 0.199. The first-order chi connectivity index (χ1) is 25.1. The van der Waals surface area contributed by atoms with Gasteiger partial charge in [0.1, 0.15) is 24.0 Å². The molecule has 3 heterocycles. The van der Waals surface area contributed by atoms with Gasteiger partial charge in [-0.15, -0.1) is 0 Å². The molecule has 11 nitrogen and oxygen atoms in total. The smallest absolute Gasteiger partial charge is 0.329 e. The minimum absolute atomic E-state index is 0.0614. The molecule has 4 aliphatic rings. The van der Waals surface area contributed by atoms with Gasteiger partial charge in [0, 0.05) is 44.9 Å². The summed E-state index contributed by atoms with van der Waals surface area (Å²) in [6.45, 7) is 11.5. The van der Waals surface area contributed by atoms with Gasteiger partial charge in [-0.25, -0.2) is 4.79 Å². The van der Waals surface area contributed by atoms with Crippen molar-refractivity contribution in [1.29, 1.82) is 0 Å². The summed E-state index contributed by atoms with van der Waals surface area (Å²) < 4.78 is 24.2. The molecule has 53 heavy (non-hydrogen) atoms. The highest BCUT2D eigenvalue weighted by atomic mass is 16.7. The Morgan fingerprint density at radius 1 is 0.962 bits per heavy atom. The van der Waals surface area contributed by atoms with Crippen molar-refractivity contribution in [1.82, 2.24) is 4.90 Å². The predicted molar refractivity (Wildman–Crippen MR) is 200 cm³/mol. The number of rotatable bonds is 5. The number of nitrogens with zero attached hydrogens (tertiary/aromatic N) is 1. The van der Waals surface area contributed by atoms with Gasteiger partial charge in [0.05, 0.1) is 18.3 Å². The van der Waals surface area contributed by atoms with Crippen molar-refractivity contribution in [3.63, 3.8) is 0 Å². The number of esters is 1. The van der Waals surface area contributed by atoms with E-state index >= 15 is 0 Å². The molecule has 11 atom stereocenters. The minimum Gasteiger partial charge on any atom is -0.456 e. The van der Waals surface area contributed by atoms with Crippen molar-refractivity contribution in [2.75, 3.05) is 20.8 Å². The second-order valence-corrected chi connectivity index (χ2v) is 16.6. The zero-order chi connectivity index (χ0) is 39.0. The van der Waals surface area contributed by atoms with Crippen molar-refractivity contribution in [3.05, 3.63) is 23.3 Å². The van der Waals surface area contributed by atoms with Crippen LogP contribution in [0.2, 0.25) is 0 Å². The minimum atomic E-state index is -2.47. The van der Waals surface area contributed by atoms with E-state index in [1.54, 1.807) is 28.1 Å². The summed E-state index contributed by atoms with van der Waals surface area (Å²) in [5.41, 5.74) is 1.82. The number of hydrogen-bond acceptors (Lipinski definition) is 10. The van der Waals surface area contributed by atoms with Gasteiger partial charge in [-0.2, -0.15) is 0 Å². The average molecular weight is 746 g/mol. The number of carbonyl (C=O) groups is 4. The third-order valence-corrected chi connectivity index (χ3v) is 12.4. The van der Waals surface area contributed by atoms with E-state index in [1.165, 1.54) is 11.3 Å². The Labute approximate surface area is 317 Å². The van der Waals surface area contributed by atoms with Crippen molar-refractivity contribution in [3.8, 4) is 0 Å². The summed E-state index contributed by atoms with van der Waals surface area (Å²) in [6.07, 6.45) is 9.10. The van der Waals surface area contributed by atoms with Crippen molar-refractivity contribution in [2.45, 2.75) is 167 Å². The summed E-state index contributed by atoms with van der Waals surface area (Å²) in [6, 6.07) is -1.07. The molecule has 300 valence electrons. The Bertz CT molecular complexity index is 1340. The van der Waals surface area contributed by atoms with Crippen LogP contribution in [0.25, 0.3) is 0 Å². The fourth-order valence-corrected chi connectivity index (χ4v) is 9.14. The van der Waals surface area contributed by atoms with Gasteiger partial charge in [-0.05, 0) is 89.0 Å². The zero-order valence-corrected chi connectivity index (χ0v) is 33.5. The number of ether oxygens (including phenoxy) is 4. The first kappa shape index (κ1) is 43.3. The Balaban J connectivity index is 1.76. The molecule has 3 aliphatic heterocycles. The third kappa shape index (κ3) is 10.5. The number of aliphatic hydroxyl groups excluding tert-OH is 1. The topological polar surface area (TPSA) is 149 Å². The second kappa shape index (κ2) is 19.4. The van der Waals surface area contributed by atoms with E-state index in [2.05, 4.69) is 13.0 Å². The van der Waals surface area contributed by atoms with Gasteiger partial charge in [0.15, 0.2) is 0 Å². The summed E-state index contributed by atoms with van der Waals surface area (Å²) in [7, 11) is 3.09. The number of aliphatic hydroxyl groups is 2. The van der Waals surface area contributed by atoms with Crippen LogP contribution in [0.5, 0.6) is 0 Å². The van der Waals surface area contributed by atoms with E-state index in [0.29, 0.717) is 38.0 Å². The van der Waals surface area contributed by atoms with Gasteiger partial charge in [-0.1, -0.05) is 64.7 Å². The monoisotopic (exact) mass is 745 g/mol. The predicted octanol–water partition coefficient (Wildman–Crippen LogP) is 5.88. The Hall–Kier alpha value is -2.44. The molecule has 11 heteroatoms.